The van der Waals surface area contributed by atoms with Gasteiger partial charge in [-0.15, -0.1) is 35.7 Å². The fraction of sp³-hybridized carbons (Fsp3) is 0.556. The van der Waals surface area contributed by atoms with Crippen molar-refractivity contribution in [3.05, 3.63) is 30.1 Å². The number of thioether (sulfide) groups is 1. The number of likely N-dealkylation sites (tertiary alicyclic amines) is 1. The van der Waals surface area contributed by atoms with E-state index in [2.05, 4.69) is 22.1 Å². The number of hydrogen-bond donors (Lipinski definition) is 1. The zero-order valence-corrected chi connectivity index (χ0v) is 18.6. The first-order valence-electron chi connectivity index (χ1n) is 8.47. The second kappa shape index (κ2) is 11.6. The van der Waals surface area contributed by atoms with Gasteiger partial charge >= 0.3 is 5.97 Å². The molecule has 1 saturated heterocycles. The lowest BCUT2D eigenvalue weighted by Gasteiger charge is -2.21. The van der Waals surface area contributed by atoms with Crippen molar-refractivity contribution in [1.29, 1.82) is 0 Å². The lowest BCUT2D eigenvalue weighted by molar-refractivity contribution is -0.145. The van der Waals surface area contributed by atoms with Crippen LogP contribution in [0.2, 0.25) is 0 Å². The number of guanidine groups is 1. The van der Waals surface area contributed by atoms with Crippen molar-refractivity contribution in [3.63, 3.8) is 0 Å². The molecular weight excluding hydrogens is 468 g/mol. The number of benzene rings is 1. The van der Waals surface area contributed by atoms with E-state index in [4.69, 9.17) is 4.74 Å². The summed E-state index contributed by atoms with van der Waals surface area (Å²) in [5.41, 5.74) is 0. The molecule has 1 heterocycles. The first-order valence-corrected chi connectivity index (χ1v) is 9.45. The minimum Gasteiger partial charge on any atom is -0.469 e. The Hall–Kier alpha value is -1.03. The predicted molar refractivity (Wildman–Crippen MR) is 115 cm³/mol. The highest BCUT2D eigenvalue weighted by Gasteiger charge is 2.36. The monoisotopic (exact) mass is 495 g/mol. The Balaban J connectivity index is 0.00000338. The molecule has 0 bridgehead atoms. The summed E-state index contributed by atoms with van der Waals surface area (Å²) >= 11 is 1.71. The Kier molecular flexibility index (Phi) is 10.3. The van der Waals surface area contributed by atoms with Crippen molar-refractivity contribution < 1.29 is 13.9 Å². The number of rotatable bonds is 6. The Morgan fingerprint density at radius 2 is 2.08 bits per heavy atom. The number of halogens is 2. The molecule has 1 aliphatic rings. The van der Waals surface area contributed by atoms with Crippen LogP contribution < -0.4 is 5.32 Å². The smallest absolute Gasteiger partial charge is 0.310 e. The second-order valence-electron chi connectivity index (χ2n) is 6.14. The molecule has 0 spiro atoms. The minimum atomic E-state index is -0.208. The highest BCUT2D eigenvalue weighted by atomic mass is 127. The van der Waals surface area contributed by atoms with Gasteiger partial charge in [0, 0.05) is 31.6 Å². The molecule has 0 aromatic heterocycles. The fourth-order valence-electron chi connectivity index (χ4n) is 2.92. The Bertz CT molecular complexity index is 601. The molecule has 146 valence electrons. The standard InChI is InChI=1S/C18H26FN3O2S.HI/c1-13-11-22(12-16(13)17(23)24-3)18(20-2)21-9-4-10-25-15-7-5-14(19)6-8-15;/h5-8,13,16H,4,9-12H2,1-3H3,(H,20,21);1H. The van der Waals surface area contributed by atoms with Gasteiger partial charge in [-0.05, 0) is 42.4 Å². The molecule has 2 unspecified atom stereocenters. The molecule has 0 aliphatic carbocycles. The lowest BCUT2D eigenvalue weighted by Crippen LogP contribution is -2.41. The first-order chi connectivity index (χ1) is 12.0. The fourth-order valence-corrected chi connectivity index (χ4v) is 3.78. The molecule has 26 heavy (non-hydrogen) atoms. The average Bonchev–Trinajstić information content (AvgIpc) is 3.00. The number of ether oxygens (including phenoxy) is 1. The number of methoxy groups -OCH3 is 1. The van der Waals surface area contributed by atoms with Crippen molar-refractivity contribution in [3.8, 4) is 0 Å². The van der Waals surface area contributed by atoms with Crippen molar-refractivity contribution >= 4 is 47.7 Å². The largest absolute Gasteiger partial charge is 0.469 e. The molecule has 2 rings (SSSR count). The predicted octanol–water partition coefficient (Wildman–Crippen LogP) is 3.24. The van der Waals surface area contributed by atoms with Gasteiger partial charge in [0.1, 0.15) is 5.82 Å². The molecule has 0 radical (unpaired) electrons. The molecule has 1 aromatic rings. The third-order valence-corrected chi connectivity index (χ3v) is 5.41. The number of hydrogen-bond acceptors (Lipinski definition) is 4. The van der Waals surface area contributed by atoms with Crippen molar-refractivity contribution in [2.75, 3.05) is 39.5 Å². The van der Waals surface area contributed by atoms with Gasteiger partial charge in [-0.3, -0.25) is 9.79 Å². The van der Waals surface area contributed by atoms with E-state index < -0.39 is 0 Å². The van der Waals surface area contributed by atoms with Crippen LogP contribution in [0.15, 0.2) is 34.2 Å². The van der Waals surface area contributed by atoms with Gasteiger partial charge in [0.05, 0.1) is 13.0 Å². The molecule has 1 N–H and O–H groups in total. The zero-order valence-electron chi connectivity index (χ0n) is 15.4. The SMILES string of the molecule is CN=C(NCCCSc1ccc(F)cc1)N1CC(C)C(C(=O)OC)C1.I. The van der Waals surface area contributed by atoms with Crippen molar-refractivity contribution in [2.45, 2.75) is 18.2 Å². The molecular formula is C18H27FIN3O2S. The van der Waals surface area contributed by atoms with Crippen LogP contribution in [-0.2, 0) is 9.53 Å². The summed E-state index contributed by atoms with van der Waals surface area (Å²) in [6.07, 6.45) is 0.963. The molecule has 0 saturated carbocycles. The van der Waals surface area contributed by atoms with E-state index in [1.165, 1.54) is 19.2 Å². The first kappa shape index (κ1) is 23.0. The number of carbonyl (C=O) groups is 1. The van der Waals surface area contributed by atoms with E-state index in [0.717, 1.165) is 36.1 Å². The van der Waals surface area contributed by atoms with E-state index in [1.807, 2.05) is 0 Å². The van der Waals surface area contributed by atoms with Crippen LogP contribution in [0.5, 0.6) is 0 Å². The number of nitrogens with one attached hydrogen (secondary N) is 1. The van der Waals surface area contributed by atoms with Crippen LogP contribution in [0, 0.1) is 17.7 Å². The summed E-state index contributed by atoms with van der Waals surface area (Å²) in [5, 5.41) is 3.36. The van der Waals surface area contributed by atoms with Gasteiger partial charge < -0.3 is 15.0 Å². The van der Waals surface area contributed by atoms with E-state index in [0.29, 0.717) is 6.54 Å². The summed E-state index contributed by atoms with van der Waals surface area (Å²) in [7, 11) is 3.19. The van der Waals surface area contributed by atoms with E-state index >= 15 is 0 Å². The second-order valence-corrected chi connectivity index (χ2v) is 7.31. The third-order valence-electron chi connectivity index (χ3n) is 4.31. The number of aliphatic imine (C=N–C) groups is 1. The van der Waals surface area contributed by atoms with Crippen LogP contribution in [0.3, 0.4) is 0 Å². The molecule has 1 aliphatic heterocycles. The van der Waals surface area contributed by atoms with Crippen molar-refractivity contribution in [2.24, 2.45) is 16.8 Å². The van der Waals surface area contributed by atoms with Gasteiger partial charge in [0.25, 0.3) is 0 Å². The maximum absolute atomic E-state index is 12.9. The maximum atomic E-state index is 12.9. The Morgan fingerprint density at radius 1 is 1.38 bits per heavy atom. The van der Waals surface area contributed by atoms with Gasteiger partial charge in [-0.25, -0.2) is 4.39 Å². The van der Waals surface area contributed by atoms with E-state index in [9.17, 15) is 9.18 Å². The molecule has 1 aromatic carbocycles. The molecule has 8 heteroatoms. The van der Waals surface area contributed by atoms with Gasteiger partial charge in [-0.2, -0.15) is 0 Å². The summed E-state index contributed by atoms with van der Waals surface area (Å²) in [6, 6.07) is 6.55. The zero-order chi connectivity index (χ0) is 18.2. The van der Waals surface area contributed by atoms with Gasteiger partial charge in [-0.1, -0.05) is 6.92 Å². The van der Waals surface area contributed by atoms with E-state index in [1.54, 1.807) is 30.9 Å². The summed E-state index contributed by atoms with van der Waals surface area (Å²) < 4.78 is 17.7. The Labute approximate surface area is 176 Å². The van der Waals surface area contributed by atoms with Crippen LogP contribution in [0.25, 0.3) is 0 Å². The molecule has 0 amide bonds. The van der Waals surface area contributed by atoms with E-state index in [-0.39, 0.29) is 47.6 Å². The minimum absolute atomic E-state index is 0. The number of carbonyl (C=O) groups excluding carboxylic acids is 1. The normalized spacial score (nSPS) is 19.8. The highest BCUT2D eigenvalue weighted by Crippen LogP contribution is 2.24. The topological polar surface area (TPSA) is 53.9 Å². The van der Waals surface area contributed by atoms with Crippen LogP contribution >= 0.6 is 35.7 Å². The average molecular weight is 495 g/mol. The maximum Gasteiger partial charge on any atom is 0.310 e. The van der Waals surface area contributed by atoms with Gasteiger partial charge in [0.15, 0.2) is 5.96 Å². The Morgan fingerprint density at radius 3 is 2.69 bits per heavy atom. The highest BCUT2D eigenvalue weighted by molar-refractivity contribution is 14.0. The van der Waals surface area contributed by atoms with Crippen LogP contribution in [0.1, 0.15) is 13.3 Å². The summed E-state index contributed by atoms with van der Waals surface area (Å²) in [5.74, 6) is 1.56. The molecule has 1 fully saturated rings. The quantitative estimate of drug-likeness (QED) is 0.164. The third kappa shape index (κ3) is 6.61. The summed E-state index contributed by atoms with van der Waals surface area (Å²) in [4.78, 5) is 19.3. The number of esters is 1. The number of nitrogens with zero attached hydrogens (tertiary/aromatic N) is 2. The van der Waals surface area contributed by atoms with Gasteiger partial charge in [0.2, 0.25) is 0 Å². The van der Waals surface area contributed by atoms with Crippen molar-refractivity contribution in [1.82, 2.24) is 10.2 Å². The van der Waals surface area contributed by atoms with Crippen LogP contribution in [-0.4, -0.2) is 56.4 Å². The molecule has 2 atom stereocenters. The van der Waals surface area contributed by atoms with Crippen LogP contribution in [0.4, 0.5) is 4.39 Å². The molecule has 5 nitrogen and oxygen atoms in total. The lowest BCUT2D eigenvalue weighted by atomic mass is 9.99. The summed E-state index contributed by atoms with van der Waals surface area (Å²) in [6.45, 7) is 4.30.